The Bertz CT molecular complexity index is 470. The second kappa shape index (κ2) is 5.25. The first-order chi connectivity index (χ1) is 7.97. The summed E-state index contributed by atoms with van der Waals surface area (Å²) < 4.78 is 13.8. The largest absolute Gasteiger partial charge is 0.478 e. The smallest absolute Gasteiger partial charge is 0.338 e. The van der Waals surface area contributed by atoms with Gasteiger partial charge in [-0.25, -0.2) is 14.2 Å². The highest BCUT2D eigenvalue weighted by molar-refractivity contribution is 5.88. The van der Waals surface area contributed by atoms with Gasteiger partial charge in [0.2, 0.25) is 0 Å². The monoisotopic (exact) mass is 237 g/mol. The van der Waals surface area contributed by atoms with E-state index in [2.05, 4.69) is 4.98 Å². The number of hydrogen-bond donors (Lipinski definition) is 1. The third kappa shape index (κ3) is 2.91. The first kappa shape index (κ1) is 12.9. The van der Waals surface area contributed by atoms with Crippen LogP contribution in [-0.2, 0) is 0 Å². The molecule has 0 spiro atoms. The first-order valence-corrected chi connectivity index (χ1v) is 4.96. The number of nitriles is 1. The number of nitrogens with zero attached hydrogens (tertiary/aromatic N) is 3. The van der Waals surface area contributed by atoms with Gasteiger partial charge < -0.3 is 10.0 Å². The lowest BCUT2D eigenvalue weighted by atomic mass is 10.2. The SMILES string of the molecule is CC(C#N)CN(C)c1nccc(C(=O)O)c1F. The number of carbonyl (C=O) groups is 1. The van der Waals surface area contributed by atoms with Crippen LogP contribution in [0.25, 0.3) is 0 Å². The van der Waals surface area contributed by atoms with Crippen LogP contribution in [0.4, 0.5) is 10.2 Å². The van der Waals surface area contributed by atoms with E-state index in [4.69, 9.17) is 10.4 Å². The van der Waals surface area contributed by atoms with Gasteiger partial charge in [0.1, 0.15) is 5.56 Å². The first-order valence-electron chi connectivity index (χ1n) is 4.96. The molecule has 1 atom stereocenters. The van der Waals surface area contributed by atoms with Gasteiger partial charge in [0.25, 0.3) is 0 Å². The Labute approximate surface area is 98.1 Å². The zero-order valence-corrected chi connectivity index (χ0v) is 9.51. The number of aromatic carboxylic acids is 1. The predicted octanol–water partition coefficient (Wildman–Crippen LogP) is 1.51. The van der Waals surface area contributed by atoms with Gasteiger partial charge in [-0.15, -0.1) is 0 Å². The predicted molar refractivity (Wildman–Crippen MR) is 59.2 cm³/mol. The van der Waals surface area contributed by atoms with Gasteiger partial charge in [-0.05, 0) is 13.0 Å². The molecule has 0 bridgehead atoms. The average Bonchev–Trinajstić information content (AvgIpc) is 2.28. The van der Waals surface area contributed by atoms with Crippen LogP contribution >= 0.6 is 0 Å². The molecule has 0 aliphatic heterocycles. The lowest BCUT2D eigenvalue weighted by molar-refractivity contribution is 0.0692. The van der Waals surface area contributed by atoms with Crippen molar-refractivity contribution in [2.24, 2.45) is 5.92 Å². The summed E-state index contributed by atoms with van der Waals surface area (Å²) in [5.41, 5.74) is -0.425. The molecule has 1 heterocycles. The number of aromatic nitrogens is 1. The van der Waals surface area contributed by atoms with Crippen molar-refractivity contribution in [3.63, 3.8) is 0 Å². The van der Waals surface area contributed by atoms with Gasteiger partial charge in [0.15, 0.2) is 11.6 Å². The van der Waals surface area contributed by atoms with Crippen LogP contribution < -0.4 is 4.90 Å². The summed E-state index contributed by atoms with van der Waals surface area (Å²) >= 11 is 0. The fourth-order valence-electron chi connectivity index (χ4n) is 1.40. The standard InChI is InChI=1S/C11H12FN3O2/c1-7(5-13)6-15(2)10-9(12)8(11(16)17)3-4-14-10/h3-4,7H,6H2,1-2H3,(H,16,17). The number of carboxylic acids is 1. The third-order valence-corrected chi connectivity index (χ3v) is 2.23. The molecule has 17 heavy (non-hydrogen) atoms. The maximum atomic E-state index is 13.8. The summed E-state index contributed by atoms with van der Waals surface area (Å²) in [4.78, 5) is 15.9. The number of pyridine rings is 1. The molecule has 0 saturated heterocycles. The van der Waals surface area contributed by atoms with Crippen molar-refractivity contribution < 1.29 is 14.3 Å². The van der Waals surface area contributed by atoms with Gasteiger partial charge in [-0.3, -0.25) is 0 Å². The maximum Gasteiger partial charge on any atom is 0.338 e. The molecule has 1 N–H and O–H groups in total. The van der Waals surface area contributed by atoms with Crippen LogP contribution in [0.2, 0.25) is 0 Å². The van der Waals surface area contributed by atoms with E-state index in [0.717, 1.165) is 6.07 Å². The Balaban J connectivity index is 3.03. The molecule has 0 aliphatic carbocycles. The Morgan fingerprint density at radius 2 is 2.41 bits per heavy atom. The molecular weight excluding hydrogens is 225 g/mol. The van der Waals surface area contributed by atoms with Crippen LogP contribution in [-0.4, -0.2) is 29.7 Å². The summed E-state index contributed by atoms with van der Waals surface area (Å²) in [6, 6.07) is 3.11. The normalized spacial score (nSPS) is 11.6. The van der Waals surface area contributed by atoms with Crippen molar-refractivity contribution in [1.29, 1.82) is 5.26 Å². The molecular formula is C11H12FN3O2. The molecule has 90 valence electrons. The molecule has 1 aromatic heterocycles. The van der Waals surface area contributed by atoms with E-state index in [1.54, 1.807) is 14.0 Å². The molecule has 0 radical (unpaired) electrons. The molecule has 1 rings (SSSR count). The highest BCUT2D eigenvalue weighted by Gasteiger charge is 2.18. The topological polar surface area (TPSA) is 77.2 Å². The van der Waals surface area contributed by atoms with E-state index >= 15 is 0 Å². The Hall–Kier alpha value is -2.16. The van der Waals surface area contributed by atoms with E-state index < -0.39 is 17.3 Å². The minimum Gasteiger partial charge on any atom is -0.478 e. The van der Waals surface area contributed by atoms with E-state index in [0.29, 0.717) is 0 Å². The Kier molecular flexibility index (Phi) is 3.99. The van der Waals surface area contributed by atoms with Crippen molar-refractivity contribution in [3.05, 3.63) is 23.6 Å². The van der Waals surface area contributed by atoms with E-state index in [1.165, 1.54) is 11.1 Å². The zero-order chi connectivity index (χ0) is 13.0. The average molecular weight is 237 g/mol. The van der Waals surface area contributed by atoms with Gasteiger partial charge in [-0.2, -0.15) is 5.26 Å². The van der Waals surface area contributed by atoms with Crippen LogP contribution in [0.15, 0.2) is 12.3 Å². The molecule has 0 saturated carbocycles. The maximum absolute atomic E-state index is 13.8. The second-order valence-corrected chi connectivity index (χ2v) is 3.71. The number of hydrogen-bond acceptors (Lipinski definition) is 4. The summed E-state index contributed by atoms with van der Waals surface area (Å²) in [6.07, 6.45) is 1.23. The minimum absolute atomic E-state index is 0.0630. The zero-order valence-electron chi connectivity index (χ0n) is 9.51. The van der Waals surface area contributed by atoms with Crippen LogP contribution in [0, 0.1) is 23.1 Å². The molecule has 0 aromatic carbocycles. The summed E-state index contributed by atoms with van der Waals surface area (Å²) in [6.45, 7) is 1.97. The van der Waals surface area contributed by atoms with Gasteiger partial charge in [0, 0.05) is 19.8 Å². The molecule has 0 fully saturated rings. The summed E-state index contributed by atoms with van der Waals surface area (Å²) in [7, 11) is 1.56. The van der Waals surface area contributed by atoms with E-state index in [-0.39, 0.29) is 18.3 Å². The van der Waals surface area contributed by atoms with E-state index in [9.17, 15) is 9.18 Å². The quantitative estimate of drug-likeness (QED) is 0.858. The lowest BCUT2D eigenvalue weighted by Gasteiger charge is -2.20. The summed E-state index contributed by atoms with van der Waals surface area (Å²) in [5, 5.41) is 17.4. The molecule has 0 aliphatic rings. The second-order valence-electron chi connectivity index (χ2n) is 3.71. The van der Waals surface area contributed by atoms with Crippen molar-refractivity contribution in [3.8, 4) is 6.07 Å². The third-order valence-electron chi connectivity index (χ3n) is 2.23. The molecule has 1 unspecified atom stereocenters. The van der Waals surface area contributed by atoms with Gasteiger partial charge >= 0.3 is 5.97 Å². The number of rotatable bonds is 4. The molecule has 1 aromatic rings. The molecule has 6 heteroatoms. The fourth-order valence-corrected chi connectivity index (χ4v) is 1.40. The van der Waals surface area contributed by atoms with Crippen molar-refractivity contribution in [1.82, 2.24) is 4.98 Å². The van der Waals surface area contributed by atoms with Gasteiger partial charge in [0.05, 0.1) is 12.0 Å². The Morgan fingerprint density at radius 3 is 2.94 bits per heavy atom. The Morgan fingerprint density at radius 1 is 1.76 bits per heavy atom. The highest BCUT2D eigenvalue weighted by atomic mass is 19.1. The number of halogens is 1. The van der Waals surface area contributed by atoms with Crippen LogP contribution in [0.5, 0.6) is 0 Å². The van der Waals surface area contributed by atoms with Crippen LogP contribution in [0.3, 0.4) is 0 Å². The number of anilines is 1. The summed E-state index contributed by atoms with van der Waals surface area (Å²) in [5.74, 6) is -2.58. The van der Waals surface area contributed by atoms with Crippen LogP contribution in [0.1, 0.15) is 17.3 Å². The molecule has 5 nitrogen and oxygen atoms in total. The van der Waals surface area contributed by atoms with E-state index in [1.807, 2.05) is 6.07 Å². The van der Waals surface area contributed by atoms with Crippen molar-refractivity contribution in [2.45, 2.75) is 6.92 Å². The van der Waals surface area contributed by atoms with Crippen molar-refractivity contribution >= 4 is 11.8 Å². The van der Waals surface area contributed by atoms with Gasteiger partial charge in [-0.1, -0.05) is 0 Å². The highest BCUT2D eigenvalue weighted by Crippen LogP contribution is 2.19. The minimum atomic E-state index is -1.34. The lowest BCUT2D eigenvalue weighted by Crippen LogP contribution is -2.25. The van der Waals surface area contributed by atoms with Crippen molar-refractivity contribution in [2.75, 3.05) is 18.5 Å². The fraction of sp³-hybridized carbons (Fsp3) is 0.364. The molecule has 0 amide bonds. The number of carboxylic acid groups (broad SMARTS) is 1.